The molecule has 8 heteroatoms. The van der Waals surface area contributed by atoms with Gasteiger partial charge in [-0.2, -0.15) is 0 Å². The molecule has 1 N–H and O–H groups in total. The van der Waals surface area contributed by atoms with Crippen LogP contribution in [0.4, 0.5) is 0 Å². The Bertz CT molecular complexity index is 1200. The highest BCUT2D eigenvalue weighted by atomic mass is 32.1. The summed E-state index contributed by atoms with van der Waals surface area (Å²) >= 11 is 1.46. The fourth-order valence-electron chi connectivity index (χ4n) is 4.94. The van der Waals surface area contributed by atoms with Crippen molar-refractivity contribution < 1.29 is 28.6 Å². The number of benzene rings is 1. The number of carbonyl (C=O) groups excluding carboxylic acids is 3. The van der Waals surface area contributed by atoms with E-state index in [-0.39, 0.29) is 19.0 Å². The number of dihydropyridines is 1. The standard InChI is InChI=1S/C27H29NO6S/c1-5-33-26(30)21-15(3)28-19-14-18(16-9-7-10-17(13-16)32-4)22(27(31)34-6-2)25(29)23(19)24(21)20-11-8-12-35-20/h7-13,18,22,24,28H,5-6,14H2,1-4H3/t18-,22+,24-/m1/s1. The monoisotopic (exact) mass is 495 g/mol. The molecule has 0 amide bonds. The van der Waals surface area contributed by atoms with Gasteiger partial charge in [0.1, 0.15) is 11.7 Å². The predicted molar refractivity (Wildman–Crippen MR) is 132 cm³/mol. The summed E-state index contributed by atoms with van der Waals surface area (Å²) in [6.07, 6.45) is 0.410. The predicted octanol–water partition coefficient (Wildman–Crippen LogP) is 4.47. The number of methoxy groups -OCH3 is 1. The lowest BCUT2D eigenvalue weighted by atomic mass is 9.68. The third-order valence-electron chi connectivity index (χ3n) is 6.40. The Labute approximate surface area is 208 Å². The number of hydrogen-bond acceptors (Lipinski definition) is 8. The summed E-state index contributed by atoms with van der Waals surface area (Å²) in [5.74, 6) is -2.82. The highest BCUT2D eigenvalue weighted by Crippen LogP contribution is 2.49. The van der Waals surface area contributed by atoms with Crippen LogP contribution in [0.1, 0.15) is 49.5 Å². The molecular weight excluding hydrogens is 466 g/mol. The Morgan fingerprint density at radius 2 is 1.89 bits per heavy atom. The van der Waals surface area contributed by atoms with Gasteiger partial charge in [-0.25, -0.2) is 4.79 Å². The summed E-state index contributed by atoms with van der Waals surface area (Å²) in [7, 11) is 1.58. The van der Waals surface area contributed by atoms with Crippen molar-refractivity contribution in [3.05, 3.63) is 74.8 Å². The van der Waals surface area contributed by atoms with Crippen LogP contribution in [0.5, 0.6) is 5.75 Å². The maximum atomic E-state index is 14.2. The minimum Gasteiger partial charge on any atom is -0.497 e. The number of allylic oxidation sites excluding steroid dienone is 3. The molecule has 0 radical (unpaired) electrons. The molecule has 2 aliphatic rings. The molecule has 0 saturated carbocycles. The molecule has 35 heavy (non-hydrogen) atoms. The van der Waals surface area contributed by atoms with Crippen LogP contribution in [0.3, 0.4) is 0 Å². The quantitative estimate of drug-likeness (QED) is 0.448. The SMILES string of the molecule is CCOC(=O)C1=C(C)NC2=C(C(=O)[C@@H](C(=O)OCC)[C@@H](c3cccc(OC)c3)C2)[C@@H]1c1cccs1. The Morgan fingerprint density at radius 3 is 2.54 bits per heavy atom. The first kappa shape index (κ1) is 24.7. The fourth-order valence-corrected chi connectivity index (χ4v) is 5.78. The molecule has 1 aromatic heterocycles. The Morgan fingerprint density at radius 1 is 1.11 bits per heavy atom. The molecule has 0 fully saturated rings. The number of esters is 2. The van der Waals surface area contributed by atoms with Crippen LogP contribution in [0.25, 0.3) is 0 Å². The molecule has 3 atom stereocenters. The summed E-state index contributed by atoms with van der Waals surface area (Å²) in [4.78, 5) is 41.2. The molecule has 7 nitrogen and oxygen atoms in total. The summed E-state index contributed by atoms with van der Waals surface area (Å²) in [5.41, 5.74) is 3.00. The van der Waals surface area contributed by atoms with Crippen LogP contribution in [-0.2, 0) is 23.9 Å². The number of carbonyl (C=O) groups is 3. The first-order valence-corrected chi connectivity index (χ1v) is 12.5. The Hall–Kier alpha value is -3.39. The van der Waals surface area contributed by atoms with Gasteiger partial charge in [0.25, 0.3) is 0 Å². The first-order valence-electron chi connectivity index (χ1n) is 11.7. The molecule has 0 bridgehead atoms. The van der Waals surface area contributed by atoms with Crippen LogP contribution >= 0.6 is 11.3 Å². The summed E-state index contributed by atoms with van der Waals surface area (Å²) in [6, 6.07) is 11.2. The van der Waals surface area contributed by atoms with E-state index in [0.717, 1.165) is 10.4 Å². The number of Topliss-reactive ketones (excluding diaryl/α,β-unsaturated/α-hetero) is 1. The number of nitrogens with one attached hydrogen (secondary N) is 1. The highest BCUT2D eigenvalue weighted by molar-refractivity contribution is 7.10. The zero-order valence-electron chi connectivity index (χ0n) is 20.3. The number of thiophene rings is 1. The number of hydrogen-bond donors (Lipinski definition) is 1. The van der Waals surface area contributed by atoms with E-state index in [1.165, 1.54) is 11.3 Å². The second-order valence-electron chi connectivity index (χ2n) is 8.41. The zero-order valence-corrected chi connectivity index (χ0v) is 21.1. The summed E-state index contributed by atoms with van der Waals surface area (Å²) < 4.78 is 16.1. The second kappa shape index (κ2) is 10.5. The topological polar surface area (TPSA) is 90.9 Å². The molecule has 1 aliphatic carbocycles. The van der Waals surface area contributed by atoms with E-state index in [4.69, 9.17) is 14.2 Å². The fraction of sp³-hybridized carbons (Fsp3) is 0.370. The highest BCUT2D eigenvalue weighted by Gasteiger charge is 2.49. The van der Waals surface area contributed by atoms with Gasteiger partial charge in [-0.3, -0.25) is 9.59 Å². The van der Waals surface area contributed by atoms with Crippen LogP contribution in [0.2, 0.25) is 0 Å². The third kappa shape index (κ3) is 4.62. The molecule has 0 unspecified atom stereocenters. The summed E-state index contributed by atoms with van der Waals surface area (Å²) in [6.45, 7) is 5.67. The maximum Gasteiger partial charge on any atom is 0.336 e. The molecular formula is C27H29NO6S. The van der Waals surface area contributed by atoms with E-state index < -0.39 is 29.7 Å². The lowest BCUT2D eigenvalue weighted by Gasteiger charge is -2.39. The number of rotatable bonds is 7. The van der Waals surface area contributed by atoms with Crippen LogP contribution < -0.4 is 10.1 Å². The molecule has 0 spiro atoms. The van der Waals surface area contributed by atoms with E-state index in [1.807, 2.05) is 48.7 Å². The van der Waals surface area contributed by atoms with Gasteiger partial charge >= 0.3 is 11.9 Å². The third-order valence-corrected chi connectivity index (χ3v) is 7.34. The van der Waals surface area contributed by atoms with Crippen molar-refractivity contribution in [3.8, 4) is 5.75 Å². The van der Waals surface area contributed by atoms with Gasteiger partial charge in [0.15, 0.2) is 5.78 Å². The largest absolute Gasteiger partial charge is 0.497 e. The lowest BCUT2D eigenvalue weighted by molar-refractivity contribution is -0.152. The molecule has 4 rings (SSSR count). The van der Waals surface area contributed by atoms with Gasteiger partial charge in [-0.1, -0.05) is 18.2 Å². The van der Waals surface area contributed by atoms with Crippen LogP contribution in [-0.4, -0.2) is 38.0 Å². The van der Waals surface area contributed by atoms with Crippen molar-refractivity contribution in [2.75, 3.05) is 20.3 Å². The Balaban J connectivity index is 1.87. The van der Waals surface area contributed by atoms with Crippen molar-refractivity contribution >= 4 is 29.1 Å². The van der Waals surface area contributed by atoms with Gasteiger partial charge in [-0.15, -0.1) is 11.3 Å². The van der Waals surface area contributed by atoms with Crippen molar-refractivity contribution in [2.24, 2.45) is 5.92 Å². The van der Waals surface area contributed by atoms with Gasteiger partial charge in [0.2, 0.25) is 0 Å². The van der Waals surface area contributed by atoms with Crippen molar-refractivity contribution in [3.63, 3.8) is 0 Å². The zero-order chi connectivity index (χ0) is 25.1. The maximum absolute atomic E-state index is 14.2. The molecule has 2 heterocycles. The Kier molecular flexibility index (Phi) is 7.40. The van der Waals surface area contributed by atoms with E-state index in [2.05, 4.69) is 5.32 Å². The minimum atomic E-state index is -1.04. The molecule has 184 valence electrons. The lowest BCUT2D eigenvalue weighted by Crippen LogP contribution is -2.43. The number of ketones is 1. The minimum absolute atomic E-state index is 0.166. The summed E-state index contributed by atoms with van der Waals surface area (Å²) in [5, 5.41) is 5.22. The average molecular weight is 496 g/mol. The van der Waals surface area contributed by atoms with Gasteiger partial charge < -0.3 is 19.5 Å². The molecule has 2 aromatic rings. The van der Waals surface area contributed by atoms with E-state index >= 15 is 0 Å². The van der Waals surface area contributed by atoms with E-state index in [1.54, 1.807) is 21.0 Å². The normalized spacial score (nSPS) is 21.8. The van der Waals surface area contributed by atoms with Gasteiger partial charge in [0.05, 0.1) is 31.8 Å². The molecule has 1 aliphatic heterocycles. The molecule has 1 aromatic carbocycles. The van der Waals surface area contributed by atoms with Crippen LogP contribution in [0, 0.1) is 5.92 Å². The van der Waals surface area contributed by atoms with Gasteiger partial charge in [-0.05, 0) is 56.3 Å². The average Bonchev–Trinajstić information content (AvgIpc) is 3.38. The van der Waals surface area contributed by atoms with Crippen molar-refractivity contribution in [2.45, 2.75) is 39.0 Å². The van der Waals surface area contributed by atoms with Crippen molar-refractivity contribution in [1.82, 2.24) is 5.32 Å². The molecule has 0 saturated heterocycles. The first-order chi connectivity index (χ1) is 16.9. The second-order valence-corrected chi connectivity index (χ2v) is 9.39. The van der Waals surface area contributed by atoms with E-state index in [9.17, 15) is 14.4 Å². The smallest absolute Gasteiger partial charge is 0.336 e. The van der Waals surface area contributed by atoms with Crippen molar-refractivity contribution in [1.29, 1.82) is 0 Å². The van der Waals surface area contributed by atoms with E-state index in [0.29, 0.717) is 34.7 Å². The number of ether oxygens (including phenoxy) is 3. The van der Waals surface area contributed by atoms with Gasteiger partial charge in [0, 0.05) is 27.8 Å². The van der Waals surface area contributed by atoms with Crippen LogP contribution in [0.15, 0.2) is 64.3 Å².